The number of hydrogen-bond acceptors (Lipinski definition) is 6. The fraction of sp³-hybridized carbons (Fsp3) is 0.433. The molecule has 7 heteroatoms. The van der Waals surface area contributed by atoms with Crippen LogP contribution in [0.3, 0.4) is 0 Å². The first-order chi connectivity index (χ1) is 17.8. The van der Waals surface area contributed by atoms with Gasteiger partial charge in [-0.2, -0.15) is 5.26 Å². The van der Waals surface area contributed by atoms with Crippen molar-refractivity contribution >= 4 is 33.1 Å². The van der Waals surface area contributed by atoms with Gasteiger partial charge in [0.2, 0.25) is 0 Å². The molecule has 6 nitrogen and oxygen atoms in total. The monoisotopic (exact) mass is 563 g/mol. The molecule has 37 heavy (non-hydrogen) atoms. The molecule has 0 aromatic heterocycles. The molecule has 3 atom stereocenters. The Morgan fingerprint density at radius 3 is 2.68 bits per heavy atom. The largest absolute Gasteiger partial charge is 0.497 e. The second-order valence-corrected chi connectivity index (χ2v) is 10.9. The minimum absolute atomic E-state index is 0.127. The Balaban J connectivity index is 1.74. The Hall–Kier alpha value is -3.11. The van der Waals surface area contributed by atoms with Gasteiger partial charge in [0, 0.05) is 43.4 Å². The van der Waals surface area contributed by atoms with Crippen LogP contribution in [0.5, 0.6) is 11.5 Å². The van der Waals surface area contributed by atoms with E-state index in [-0.39, 0.29) is 11.7 Å². The van der Waals surface area contributed by atoms with Crippen LogP contribution in [0.25, 0.3) is 0 Å². The number of halogens is 1. The number of carbonyl (C=O) groups is 1. The number of ether oxygens (including phenoxy) is 2. The van der Waals surface area contributed by atoms with Gasteiger partial charge >= 0.3 is 0 Å². The van der Waals surface area contributed by atoms with Crippen molar-refractivity contribution in [2.45, 2.75) is 52.1 Å². The molecular formula is C30H34BrN3O3. The molecule has 0 radical (unpaired) electrons. The smallest absolute Gasteiger partial charge is 0.161 e. The zero-order chi connectivity index (χ0) is 26.7. The van der Waals surface area contributed by atoms with E-state index in [9.17, 15) is 10.1 Å². The third-order valence-electron chi connectivity index (χ3n) is 7.21. The van der Waals surface area contributed by atoms with Crippen LogP contribution in [0.15, 0.2) is 57.1 Å². The molecule has 0 saturated heterocycles. The van der Waals surface area contributed by atoms with Crippen molar-refractivity contribution in [2.75, 3.05) is 26.1 Å². The lowest BCUT2D eigenvalue weighted by atomic mass is 9.70. The van der Waals surface area contributed by atoms with Crippen LogP contribution >= 0.6 is 15.9 Å². The summed E-state index contributed by atoms with van der Waals surface area (Å²) >= 11 is 3.73. The Kier molecular flexibility index (Phi) is 8.39. The summed E-state index contributed by atoms with van der Waals surface area (Å²) in [6.45, 7) is 4.43. The van der Waals surface area contributed by atoms with Gasteiger partial charge in [0.15, 0.2) is 11.5 Å². The minimum atomic E-state index is -0.490. The fourth-order valence-electron chi connectivity index (χ4n) is 5.45. The molecule has 0 bridgehead atoms. The van der Waals surface area contributed by atoms with Gasteiger partial charge in [0.1, 0.15) is 12.4 Å². The summed E-state index contributed by atoms with van der Waals surface area (Å²) in [6, 6.07) is 14.3. The van der Waals surface area contributed by atoms with Crippen LogP contribution in [0, 0.1) is 23.2 Å². The van der Waals surface area contributed by atoms with E-state index >= 15 is 0 Å². The molecule has 4 rings (SSSR count). The molecule has 1 heterocycles. The van der Waals surface area contributed by atoms with Crippen molar-refractivity contribution in [1.29, 1.82) is 5.26 Å². The number of nitrogens with zero attached hydrogens (tertiary/aromatic N) is 3. The van der Waals surface area contributed by atoms with Gasteiger partial charge in [-0.25, -0.2) is 0 Å². The molecule has 2 aromatic carbocycles. The van der Waals surface area contributed by atoms with E-state index in [0.29, 0.717) is 30.3 Å². The van der Waals surface area contributed by atoms with E-state index in [4.69, 9.17) is 14.5 Å². The quantitative estimate of drug-likeness (QED) is 0.351. The standard InChI is InChI=1S/C30H34BrN3O3/c1-6-8-19-12-25-29(27(35)13-19)28(23(16-32)18(2)33-25)21-14-24(31)30(26(15-21)34(3)4)37-17-20-9-7-10-22(11-20)36-5/h7,9-11,14-15,19,23,28H,6,8,12-13,17H2,1-5H3. The SMILES string of the molecule is CCCC1CC(=O)C2=C(C1)N=C(C)C(C#N)C2c1cc(Br)c(OCc2cccc(OC)c2)c(N(C)C)c1. The lowest BCUT2D eigenvalue weighted by Crippen LogP contribution is -2.33. The predicted molar refractivity (Wildman–Crippen MR) is 150 cm³/mol. The summed E-state index contributed by atoms with van der Waals surface area (Å²) in [5.41, 5.74) is 5.14. The molecule has 0 N–H and O–H groups in total. The average Bonchev–Trinajstić information content (AvgIpc) is 2.87. The molecule has 0 spiro atoms. The first-order valence-corrected chi connectivity index (χ1v) is 13.5. The summed E-state index contributed by atoms with van der Waals surface area (Å²) in [5, 5.41) is 10.1. The van der Waals surface area contributed by atoms with Crippen LogP contribution in [-0.2, 0) is 11.4 Å². The van der Waals surface area contributed by atoms with E-state index in [0.717, 1.165) is 57.7 Å². The predicted octanol–water partition coefficient (Wildman–Crippen LogP) is 6.83. The number of nitriles is 1. The van der Waals surface area contributed by atoms with Crippen molar-refractivity contribution < 1.29 is 14.3 Å². The van der Waals surface area contributed by atoms with Crippen molar-refractivity contribution in [1.82, 2.24) is 0 Å². The number of ketones is 1. The lowest BCUT2D eigenvalue weighted by molar-refractivity contribution is -0.117. The number of anilines is 1. The normalized spacial score (nSPS) is 21.2. The second-order valence-electron chi connectivity index (χ2n) is 10.1. The highest BCUT2D eigenvalue weighted by molar-refractivity contribution is 9.10. The maximum Gasteiger partial charge on any atom is 0.161 e. The van der Waals surface area contributed by atoms with Crippen LogP contribution in [-0.4, -0.2) is 32.7 Å². The minimum Gasteiger partial charge on any atom is -0.497 e. The lowest BCUT2D eigenvalue weighted by Gasteiger charge is -2.35. The van der Waals surface area contributed by atoms with Gasteiger partial charge in [0.25, 0.3) is 0 Å². The summed E-state index contributed by atoms with van der Waals surface area (Å²) in [6.07, 6.45) is 3.38. The van der Waals surface area contributed by atoms with Gasteiger partial charge in [-0.15, -0.1) is 0 Å². The maximum atomic E-state index is 13.5. The van der Waals surface area contributed by atoms with Crippen molar-refractivity contribution in [3.8, 4) is 17.6 Å². The molecule has 3 unspecified atom stereocenters. The maximum absolute atomic E-state index is 13.5. The molecule has 1 aliphatic carbocycles. The van der Waals surface area contributed by atoms with E-state index in [2.05, 4.69) is 35.0 Å². The number of Topliss-reactive ketones (excluding diaryl/α,β-unsaturated/α-hetero) is 1. The highest BCUT2D eigenvalue weighted by Gasteiger charge is 2.41. The topological polar surface area (TPSA) is 74.9 Å². The first kappa shape index (κ1) is 26.9. The first-order valence-electron chi connectivity index (χ1n) is 12.7. The van der Waals surface area contributed by atoms with E-state index < -0.39 is 5.92 Å². The van der Waals surface area contributed by atoms with Crippen molar-refractivity contribution in [3.63, 3.8) is 0 Å². The molecule has 2 aromatic rings. The van der Waals surface area contributed by atoms with Gasteiger partial charge < -0.3 is 14.4 Å². The summed E-state index contributed by atoms with van der Waals surface area (Å²) in [7, 11) is 5.57. The van der Waals surface area contributed by atoms with Crippen molar-refractivity contribution in [3.05, 3.63) is 63.3 Å². The number of rotatable bonds is 8. The summed E-state index contributed by atoms with van der Waals surface area (Å²) in [4.78, 5) is 20.2. The Labute approximate surface area is 228 Å². The number of hydrogen-bond donors (Lipinski definition) is 0. The Bertz CT molecular complexity index is 1290. The van der Waals surface area contributed by atoms with E-state index in [1.807, 2.05) is 56.3 Å². The van der Waals surface area contributed by atoms with Crippen molar-refractivity contribution in [2.24, 2.45) is 16.8 Å². The Morgan fingerprint density at radius 1 is 1.22 bits per heavy atom. The zero-order valence-corrected chi connectivity index (χ0v) is 23.8. The molecular weight excluding hydrogens is 530 g/mol. The van der Waals surface area contributed by atoms with Gasteiger partial charge in [-0.05, 0) is 77.0 Å². The zero-order valence-electron chi connectivity index (χ0n) is 22.2. The number of allylic oxidation sites excluding steroid dienone is 2. The highest BCUT2D eigenvalue weighted by atomic mass is 79.9. The molecule has 1 aliphatic heterocycles. The molecule has 0 fully saturated rings. The summed E-state index contributed by atoms with van der Waals surface area (Å²) in [5.74, 6) is 1.10. The third-order valence-corrected chi connectivity index (χ3v) is 7.80. The van der Waals surface area contributed by atoms with Gasteiger partial charge in [-0.1, -0.05) is 25.5 Å². The van der Waals surface area contributed by atoms with Gasteiger partial charge in [0.05, 0.1) is 29.3 Å². The third kappa shape index (κ3) is 5.60. The van der Waals surface area contributed by atoms with Gasteiger partial charge in [-0.3, -0.25) is 9.79 Å². The van der Waals surface area contributed by atoms with Crippen LogP contribution in [0.1, 0.15) is 56.6 Å². The second kappa shape index (κ2) is 11.5. The number of carbonyl (C=O) groups excluding carboxylic acids is 1. The number of methoxy groups -OCH3 is 1. The molecule has 194 valence electrons. The molecule has 0 saturated carbocycles. The molecule has 2 aliphatic rings. The highest BCUT2D eigenvalue weighted by Crippen LogP contribution is 2.48. The van der Waals surface area contributed by atoms with E-state index in [1.54, 1.807) is 7.11 Å². The van der Waals surface area contributed by atoms with Crippen LogP contribution in [0.2, 0.25) is 0 Å². The molecule has 0 amide bonds. The van der Waals surface area contributed by atoms with E-state index in [1.165, 1.54) is 0 Å². The fourth-order valence-corrected chi connectivity index (χ4v) is 6.03. The summed E-state index contributed by atoms with van der Waals surface area (Å²) < 4.78 is 12.4. The number of benzene rings is 2. The number of aliphatic imine (C=N–C) groups is 1. The Morgan fingerprint density at radius 2 is 2.00 bits per heavy atom. The van der Waals surface area contributed by atoms with Crippen LogP contribution in [0.4, 0.5) is 5.69 Å². The van der Waals surface area contributed by atoms with Crippen LogP contribution < -0.4 is 14.4 Å². The average molecular weight is 565 g/mol.